The Kier molecular flexibility index (Phi) is 4.96. The van der Waals surface area contributed by atoms with Gasteiger partial charge in [0.25, 0.3) is 5.91 Å². The predicted octanol–water partition coefficient (Wildman–Crippen LogP) is -2.97. The summed E-state index contributed by atoms with van der Waals surface area (Å²) >= 11 is 0. The Morgan fingerprint density at radius 2 is 2.10 bits per heavy atom. The van der Waals surface area contributed by atoms with E-state index in [4.69, 9.17) is 16.7 Å². The van der Waals surface area contributed by atoms with Crippen molar-refractivity contribution < 1.29 is 34.1 Å². The fourth-order valence-electron chi connectivity index (χ4n) is 1.32. The average Bonchev–Trinajstić information content (AvgIpc) is 2.44. The molecule has 0 saturated carbocycles. The van der Waals surface area contributed by atoms with Gasteiger partial charge in [0.1, 0.15) is 12.1 Å². The number of nitrogens with two attached hydrogens (primary N) is 2. The van der Waals surface area contributed by atoms with Gasteiger partial charge in [-0.05, 0) is 0 Å². The molecule has 0 radical (unpaired) electrons. The van der Waals surface area contributed by atoms with Gasteiger partial charge in [-0.1, -0.05) is 0 Å². The first kappa shape index (κ1) is 15.8. The van der Waals surface area contributed by atoms with Gasteiger partial charge in [0.05, 0.1) is 12.8 Å². The number of primary amides is 1. The first-order valence-electron chi connectivity index (χ1n) is 5.44. The largest absolute Gasteiger partial charge is 0.368 e. The lowest BCUT2D eigenvalue weighted by Crippen LogP contribution is -2.45. The highest BCUT2D eigenvalue weighted by molar-refractivity contribution is 5.89. The Hall–Kier alpha value is -2.24. The number of hydrogen-bond donors (Lipinski definition) is 3. The lowest BCUT2D eigenvalue weighted by molar-refractivity contribution is -0.302. The molecular formula is C9H14N4O7. The van der Waals surface area contributed by atoms with E-state index in [9.17, 15) is 19.2 Å². The number of hydroxylamine groups is 4. The van der Waals surface area contributed by atoms with Gasteiger partial charge in [-0.15, -0.1) is 0 Å². The molecule has 1 fully saturated rings. The van der Waals surface area contributed by atoms with Crippen LogP contribution in [-0.2, 0) is 28.9 Å². The zero-order chi connectivity index (χ0) is 15.4. The zero-order valence-corrected chi connectivity index (χ0v) is 10.5. The molecule has 0 bridgehead atoms. The molecule has 1 rings (SSSR count). The van der Waals surface area contributed by atoms with Crippen LogP contribution in [0.4, 0.5) is 0 Å². The van der Waals surface area contributed by atoms with Gasteiger partial charge in [-0.3, -0.25) is 9.59 Å². The SMILES string of the molecule is CN(O)C(CC(=O)N1OC(=O)CC(N)C(=O)O1)C(N)=O. The summed E-state index contributed by atoms with van der Waals surface area (Å²) in [7, 11) is 1.10. The number of nitrogens with zero attached hydrogens (tertiary/aromatic N) is 2. The van der Waals surface area contributed by atoms with E-state index in [1.807, 2.05) is 0 Å². The van der Waals surface area contributed by atoms with Crippen molar-refractivity contribution in [1.29, 1.82) is 0 Å². The van der Waals surface area contributed by atoms with E-state index < -0.39 is 48.7 Å². The van der Waals surface area contributed by atoms with Crippen LogP contribution in [0.15, 0.2) is 0 Å². The summed E-state index contributed by atoms with van der Waals surface area (Å²) in [6.07, 6.45) is -1.13. The van der Waals surface area contributed by atoms with Gasteiger partial charge in [-0.2, -0.15) is 5.06 Å². The third kappa shape index (κ3) is 3.88. The molecule has 11 heteroatoms. The van der Waals surface area contributed by atoms with Crippen molar-refractivity contribution in [2.75, 3.05) is 7.05 Å². The fraction of sp³-hybridized carbons (Fsp3) is 0.556. The highest BCUT2D eigenvalue weighted by Crippen LogP contribution is 2.11. The third-order valence-electron chi connectivity index (χ3n) is 2.40. The summed E-state index contributed by atoms with van der Waals surface area (Å²) in [6.45, 7) is 0. The molecule has 0 aromatic heterocycles. The van der Waals surface area contributed by atoms with E-state index >= 15 is 0 Å². The molecular weight excluding hydrogens is 276 g/mol. The Morgan fingerprint density at radius 1 is 1.50 bits per heavy atom. The maximum absolute atomic E-state index is 11.8. The Bertz CT molecular complexity index is 438. The smallest absolute Gasteiger partial charge is 0.353 e. The highest BCUT2D eigenvalue weighted by Gasteiger charge is 2.35. The molecule has 0 spiro atoms. The second-order valence-electron chi connectivity index (χ2n) is 4.03. The van der Waals surface area contributed by atoms with Gasteiger partial charge >= 0.3 is 11.9 Å². The van der Waals surface area contributed by atoms with Gasteiger partial charge < -0.3 is 26.3 Å². The number of hydrogen-bond acceptors (Lipinski definition) is 9. The van der Waals surface area contributed by atoms with E-state index in [1.165, 1.54) is 0 Å². The van der Waals surface area contributed by atoms with Crippen LogP contribution in [0.5, 0.6) is 0 Å². The van der Waals surface area contributed by atoms with E-state index in [-0.39, 0.29) is 5.23 Å². The van der Waals surface area contributed by atoms with E-state index in [0.29, 0.717) is 5.06 Å². The molecule has 2 atom stereocenters. The molecule has 0 aromatic rings. The average molecular weight is 290 g/mol. The molecule has 2 amide bonds. The first-order valence-corrected chi connectivity index (χ1v) is 5.44. The van der Waals surface area contributed by atoms with Crippen LogP contribution in [0.2, 0.25) is 0 Å². The molecule has 1 heterocycles. The van der Waals surface area contributed by atoms with Crippen molar-refractivity contribution in [3.8, 4) is 0 Å². The van der Waals surface area contributed by atoms with Gasteiger partial charge in [0.15, 0.2) is 0 Å². The zero-order valence-electron chi connectivity index (χ0n) is 10.5. The van der Waals surface area contributed by atoms with Crippen LogP contribution in [0.1, 0.15) is 12.8 Å². The lowest BCUT2D eigenvalue weighted by atomic mass is 10.2. The summed E-state index contributed by atoms with van der Waals surface area (Å²) < 4.78 is 0. The molecule has 0 aromatic carbocycles. The van der Waals surface area contributed by atoms with E-state index in [2.05, 4.69) is 9.68 Å². The summed E-state index contributed by atoms with van der Waals surface area (Å²) in [5.41, 5.74) is 10.3. The number of carbonyl (C=O) groups excluding carboxylic acids is 4. The molecule has 1 saturated heterocycles. The van der Waals surface area contributed by atoms with E-state index in [1.54, 1.807) is 0 Å². The van der Waals surface area contributed by atoms with Gasteiger partial charge in [0, 0.05) is 12.3 Å². The topological polar surface area (TPSA) is 165 Å². The summed E-state index contributed by atoms with van der Waals surface area (Å²) in [5, 5.41) is 9.59. The van der Waals surface area contributed by atoms with Gasteiger partial charge in [0.2, 0.25) is 5.91 Å². The van der Waals surface area contributed by atoms with E-state index in [0.717, 1.165) is 7.05 Å². The molecule has 2 unspecified atom stereocenters. The standard InChI is InChI=1S/C9H14N4O7/c1-12(18)5(8(11)16)3-6(14)13-19-7(15)2-4(10)9(17)20-13/h4-5,18H,2-3,10H2,1H3,(H2,11,16). The van der Waals surface area contributed by atoms with Crippen molar-refractivity contribution >= 4 is 23.8 Å². The first-order chi connectivity index (χ1) is 9.22. The number of likely N-dealkylation sites (N-methyl/N-ethyl adjacent to an activating group) is 1. The minimum absolute atomic E-state index is 0.0248. The Morgan fingerprint density at radius 3 is 2.60 bits per heavy atom. The number of amides is 2. The van der Waals surface area contributed by atoms with Crippen molar-refractivity contribution in [2.45, 2.75) is 24.9 Å². The quantitative estimate of drug-likeness (QED) is 0.458. The summed E-state index contributed by atoms with van der Waals surface area (Å²) in [6, 6.07) is -2.63. The number of rotatable bonds is 4. The molecule has 112 valence electrons. The predicted molar refractivity (Wildman–Crippen MR) is 58.8 cm³/mol. The van der Waals surface area contributed by atoms with Crippen LogP contribution >= 0.6 is 0 Å². The highest BCUT2D eigenvalue weighted by atomic mass is 17.0. The fourth-order valence-corrected chi connectivity index (χ4v) is 1.32. The van der Waals surface area contributed by atoms with Crippen molar-refractivity contribution in [1.82, 2.24) is 10.3 Å². The molecule has 0 aliphatic carbocycles. The maximum Gasteiger partial charge on any atom is 0.353 e. The van der Waals surface area contributed by atoms with Crippen LogP contribution in [0.3, 0.4) is 0 Å². The van der Waals surface area contributed by atoms with Gasteiger partial charge in [-0.25, -0.2) is 9.59 Å². The van der Waals surface area contributed by atoms with Crippen molar-refractivity contribution in [2.24, 2.45) is 11.5 Å². The van der Waals surface area contributed by atoms with Crippen LogP contribution in [0.25, 0.3) is 0 Å². The third-order valence-corrected chi connectivity index (χ3v) is 2.40. The monoisotopic (exact) mass is 290 g/mol. The second kappa shape index (κ2) is 6.27. The molecule has 5 N–H and O–H groups in total. The van der Waals surface area contributed by atoms with Crippen molar-refractivity contribution in [3.05, 3.63) is 0 Å². The van der Waals surface area contributed by atoms with Crippen LogP contribution in [0, 0.1) is 0 Å². The second-order valence-corrected chi connectivity index (χ2v) is 4.03. The Labute approximate surface area is 112 Å². The molecule has 1 aliphatic heterocycles. The maximum atomic E-state index is 11.8. The molecule has 11 nitrogen and oxygen atoms in total. The molecule has 20 heavy (non-hydrogen) atoms. The molecule has 1 aliphatic rings. The minimum Gasteiger partial charge on any atom is -0.368 e. The Balaban J connectivity index is 2.77. The minimum atomic E-state index is -1.38. The number of carbonyl (C=O) groups is 4. The normalized spacial score (nSPS) is 21.0. The van der Waals surface area contributed by atoms with Crippen LogP contribution in [-0.4, -0.2) is 58.4 Å². The van der Waals surface area contributed by atoms with Crippen molar-refractivity contribution in [3.63, 3.8) is 0 Å². The lowest BCUT2D eigenvalue weighted by Gasteiger charge is -2.21. The summed E-state index contributed by atoms with van der Waals surface area (Å²) in [4.78, 5) is 54.2. The van der Waals surface area contributed by atoms with Crippen LogP contribution < -0.4 is 11.5 Å². The summed E-state index contributed by atoms with van der Waals surface area (Å²) in [5.74, 6) is -4.06.